The Morgan fingerprint density at radius 2 is 2.19 bits per heavy atom. The highest BCUT2D eigenvalue weighted by molar-refractivity contribution is 8.00. The molecule has 2 fully saturated rings. The highest BCUT2D eigenvalue weighted by atomic mass is 32.2. The Morgan fingerprint density at radius 1 is 1.50 bits per heavy atom. The van der Waals surface area contributed by atoms with Crippen molar-refractivity contribution < 1.29 is 13.2 Å². The van der Waals surface area contributed by atoms with Crippen LogP contribution in [0.2, 0.25) is 0 Å². The first-order valence-electron chi connectivity index (χ1n) is 5.31. The van der Waals surface area contributed by atoms with Crippen molar-refractivity contribution >= 4 is 27.7 Å². The van der Waals surface area contributed by atoms with Crippen molar-refractivity contribution in [3.63, 3.8) is 0 Å². The van der Waals surface area contributed by atoms with Crippen LogP contribution in [0.4, 0.5) is 0 Å². The lowest BCUT2D eigenvalue weighted by Gasteiger charge is -2.20. The molecule has 1 saturated carbocycles. The molecule has 0 radical (unpaired) electrons. The second kappa shape index (κ2) is 4.54. The molecule has 1 heterocycles. The predicted molar refractivity (Wildman–Crippen MR) is 63.5 cm³/mol. The molecule has 2 aliphatic rings. The van der Waals surface area contributed by atoms with Crippen LogP contribution in [-0.2, 0) is 14.8 Å². The number of sulfonamides is 1. The highest BCUT2D eigenvalue weighted by Crippen LogP contribution is 2.28. The second-order valence-corrected chi connectivity index (χ2v) is 7.29. The standard InChI is InChI=1S/C9H16N2O3S2/c1-16(13,14)11-6-15-5-8(11)9(12)10-4-7-2-3-7/h7-8H,2-6H2,1H3,(H,10,12). The van der Waals surface area contributed by atoms with Gasteiger partial charge in [0, 0.05) is 12.3 Å². The Labute approximate surface area is 100 Å². The van der Waals surface area contributed by atoms with Crippen molar-refractivity contribution in [2.45, 2.75) is 18.9 Å². The van der Waals surface area contributed by atoms with E-state index in [1.165, 1.54) is 28.9 Å². The van der Waals surface area contributed by atoms with Gasteiger partial charge in [0.15, 0.2) is 0 Å². The van der Waals surface area contributed by atoms with Crippen LogP contribution in [0.1, 0.15) is 12.8 Å². The second-order valence-electron chi connectivity index (χ2n) is 4.35. The van der Waals surface area contributed by atoms with E-state index in [2.05, 4.69) is 5.32 Å². The molecule has 0 aromatic rings. The summed E-state index contributed by atoms with van der Waals surface area (Å²) < 4.78 is 24.1. The van der Waals surface area contributed by atoms with E-state index in [0.717, 1.165) is 6.26 Å². The lowest BCUT2D eigenvalue weighted by Crippen LogP contribution is -2.47. The molecule has 0 spiro atoms. The molecule has 2 rings (SSSR count). The van der Waals surface area contributed by atoms with Crippen LogP contribution in [0, 0.1) is 5.92 Å². The van der Waals surface area contributed by atoms with Crippen LogP contribution in [0.3, 0.4) is 0 Å². The lowest BCUT2D eigenvalue weighted by molar-refractivity contribution is -0.123. The quantitative estimate of drug-likeness (QED) is 0.767. The largest absolute Gasteiger partial charge is 0.354 e. The van der Waals surface area contributed by atoms with Gasteiger partial charge in [0.2, 0.25) is 15.9 Å². The molecular formula is C9H16N2O3S2. The molecule has 0 bridgehead atoms. The molecule has 7 heteroatoms. The van der Waals surface area contributed by atoms with Crippen LogP contribution in [-0.4, -0.2) is 49.1 Å². The first-order valence-corrected chi connectivity index (χ1v) is 8.31. The zero-order valence-electron chi connectivity index (χ0n) is 9.18. The molecule has 1 unspecified atom stereocenters. The molecule has 0 aromatic carbocycles. The first-order chi connectivity index (χ1) is 7.48. The van der Waals surface area contributed by atoms with Gasteiger partial charge in [-0.1, -0.05) is 0 Å². The molecule has 1 aliphatic heterocycles. The third-order valence-corrected chi connectivity index (χ3v) is 5.24. The van der Waals surface area contributed by atoms with E-state index in [4.69, 9.17) is 0 Å². The number of carbonyl (C=O) groups excluding carboxylic acids is 1. The van der Waals surface area contributed by atoms with Gasteiger partial charge in [-0.2, -0.15) is 4.31 Å². The maximum Gasteiger partial charge on any atom is 0.239 e. The monoisotopic (exact) mass is 264 g/mol. The zero-order valence-corrected chi connectivity index (χ0v) is 10.8. The number of hydrogen-bond acceptors (Lipinski definition) is 4. The summed E-state index contributed by atoms with van der Waals surface area (Å²) in [6.45, 7) is 0.692. The van der Waals surface area contributed by atoms with Gasteiger partial charge in [-0.05, 0) is 18.8 Å². The Bertz CT molecular complexity index is 378. The van der Waals surface area contributed by atoms with E-state index in [9.17, 15) is 13.2 Å². The minimum Gasteiger partial charge on any atom is -0.354 e. The Balaban J connectivity index is 1.93. The fraction of sp³-hybridized carbons (Fsp3) is 0.889. The summed E-state index contributed by atoms with van der Waals surface area (Å²) in [5, 5.41) is 2.83. The summed E-state index contributed by atoms with van der Waals surface area (Å²) in [5.74, 6) is 1.41. The number of thioether (sulfide) groups is 1. The molecule has 1 atom stereocenters. The van der Waals surface area contributed by atoms with E-state index in [1.54, 1.807) is 0 Å². The maximum atomic E-state index is 11.8. The average molecular weight is 264 g/mol. The fourth-order valence-corrected chi connectivity index (χ4v) is 4.38. The number of amides is 1. The Kier molecular flexibility index (Phi) is 3.46. The van der Waals surface area contributed by atoms with Crippen molar-refractivity contribution in [2.24, 2.45) is 5.92 Å². The average Bonchev–Trinajstić information content (AvgIpc) is 2.86. The van der Waals surface area contributed by atoms with Crippen LogP contribution in [0.15, 0.2) is 0 Å². The van der Waals surface area contributed by atoms with Crippen LogP contribution < -0.4 is 5.32 Å². The normalized spacial score (nSPS) is 26.9. The molecule has 0 aromatic heterocycles. The van der Waals surface area contributed by atoms with E-state index >= 15 is 0 Å². The third kappa shape index (κ3) is 2.89. The molecule has 1 amide bonds. The summed E-state index contributed by atoms with van der Waals surface area (Å²) in [7, 11) is -3.27. The molecule has 1 saturated heterocycles. The molecule has 16 heavy (non-hydrogen) atoms. The van der Waals surface area contributed by atoms with Crippen molar-refractivity contribution in [3.8, 4) is 0 Å². The molecule has 1 aliphatic carbocycles. The van der Waals surface area contributed by atoms with E-state index in [1.807, 2.05) is 0 Å². The van der Waals surface area contributed by atoms with Gasteiger partial charge in [-0.15, -0.1) is 11.8 Å². The van der Waals surface area contributed by atoms with Gasteiger partial charge in [-0.25, -0.2) is 8.42 Å². The Morgan fingerprint density at radius 3 is 2.75 bits per heavy atom. The lowest BCUT2D eigenvalue weighted by atomic mass is 10.3. The van der Waals surface area contributed by atoms with Crippen molar-refractivity contribution in [2.75, 3.05) is 24.4 Å². The van der Waals surface area contributed by atoms with Crippen LogP contribution in [0.25, 0.3) is 0 Å². The number of rotatable bonds is 4. The minimum absolute atomic E-state index is 0.151. The summed E-state index contributed by atoms with van der Waals surface area (Å²) in [6, 6.07) is -0.515. The highest BCUT2D eigenvalue weighted by Gasteiger charge is 2.37. The molecular weight excluding hydrogens is 248 g/mol. The fourth-order valence-electron chi connectivity index (χ4n) is 1.65. The van der Waals surface area contributed by atoms with Gasteiger partial charge in [0.1, 0.15) is 6.04 Å². The van der Waals surface area contributed by atoms with Gasteiger partial charge in [-0.3, -0.25) is 4.79 Å². The van der Waals surface area contributed by atoms with Crippen LogP contribution >= 0.6 is 11.8 Å². The molecule has 5 nitrogen and oxygen atoms in total. The number of hydrogen-bond donors (Lipinski definition) is 1. The summed E-state index contributed by atoms with van der Waals surface area (Å²) in [5.41, 5.74) is 0. The molecule has 1 N–H and O–H groups in total. The number of nitrogens with zero attached hydrogens (tertiary/aromatic N) is 1. The van der Waals surface area contributed by atoms with Crippen molar-refractivity contribution in [1.29, 1.82) is 0 Å². The number of carbonyl (C=O) groups is 1. The SMILES string of the molecule is CS(=O)(=O)N1CSCC1C(=O)NCC1CC1. The van der Waals surface area contributed by atoms with Gasteiger partial charge < -0.3 is 5.32 Å². The topological polar surface area (TPSA) is 66.5 Å². The van der Waals surface area contributed by atoms with E-state index in [0.29, 0.717) is 24.1 Å². The van der Waals surface area contributed by atoms with Crippen molar-refractivity contribution in [3.05, 3.63) is 0 Å². The first kappa shape index (κ1) is 12.2. The summed E-state index contributed by atoms with van der Waals surface area (Å²) in [6.07, 6.45) is 3.50. The Hall–Kier alpha value is -0.270. The predicted octanol–water partition coefficient (Wildman–Crippen LogP) is -0.153. The van der Waals surface area contributed by atoms with E-state index < -0.39 is 16.1 Å². The van der Waals surface area contributed by atoms with Crippen molar-refractivity contribution in [1.82, 2.24) is 9.62 Å². The van der Waals surface area contributed by atoms with Crippen LogP contribution in [0.5, 0.6) is 0 Å². The van der Waals surface area contributed by atoms with Gasteiger partial charge in [0.05, 0.1) is 12.1 Å². The third-order valence-electron chi connectivity index (χ3n) is 2.83. The maximum absolute atomic E-state index is 11.8. The van der Waals surface area contributed by atoms with E-state index in [-0.39, 0.29) is 5.91 Å². The number of nitrogens with one attached hydrogen (secondary N) is 1. The molecule has 92 valence electrons. The van der Waals surface area contributed by atoms with Gasteiger partial charge in [0.25, 0.3) is 0 Å². The van der Waals surface area contributed by atoms with Gasteiger partial charge >= 0.3 is 0 Å². The summed E-state index contributed by atoms with van der Waals surface area (Å²) >= 11 is 1.48. The zero-order chi connectivity index (χ0) is 11.8. The minimum atomic E-state index is -3.27. The summed E-state index contributed by atoms with van der Waals surface area (Å²) in [4.78, 5) is 11.8. The smallest absolute Gasteiger partial charge is 0.239 e.